The molecule has 0 fully saturated rings. The number of ether oxygens (including phenoxy) is 2. The van der Waals surface area contributed by atoms with E-state index in [1.54, 1.807) is 24.3 Å². The third-order valence-corrected chi connectivity index (χ3v) is 4.99. The van der Waals surface area contributed by atoms with Crippen molar-refractivity contribution in [3.63, 3.8) is 0 Å². The second-order valence-corrected chi connectivity index (χ2v) is 6.91. The number of hydrogen-bond acceptors (Lipinski definition) is 5. The number of nitrogens with two attached hydrogens (primary N) is 1. The zero-order chi connectivity index (χ0) is 16.3. The quantitative estimate of drug-likeness (QED) is 0.810. The van der Waals surface area contributed by atoms with E-state index in [0.29, 0.717) is 31.1 Å². The average Bonchev–Trinajstić information content (AvgIpc) is 2.56. The van der Waals surface area contributed by atoms with Crippen LogP contribution in [0.2, 0.25) is 0 Å². The number of para-hydroxylation sites is 1. The Morgan fingerprint density at radius 2 is 1.78 bits per heavy atom. The van der Waals surface area contributed by atoms with Crippen LogP contribution in [0.15, 0.2) is 47.4 Å². The molecule has 122 valence electrons. The van der Waals surface area contributed by atoms with Crippen LogP contribution in [-0.2, 0) is 16.4 Å². The molecule has 0 radical (unpaired) electrons. The molecule has 6 nitrogen and oxygen atoms in total. The number of anilines is 1. The largest absolute Gasteiger partial charge is 0.486 e. The van der Waals surface area contributed by atoms with Crippen molar-refractivity contribution in [2.24, 2.45) is 0 Å². The van der Waals surface area contributed by atoms with Crippen LogP contribution in [0, 0.1) is 0 Å². The third kappa shape index (κ3) is 3.57. The number of nitrogen functional groups attached to an aromatic ring is 1. The van der Waals surface area contributed by atoms with Gasteiger partial charge < -0.3 is 15.2 Å². The van der Waals surface area contributed by atoms with Gasteiger partial charge in [-0.25, -0.2) is 13.1 Å². The summed E-state index contributed by atoms with van der Waals surface area (Å²) in [6.45, 7) is 1.04. The second kappa shape index (κ2) is 6.47. The highest BCUT2D eigenvalue weighted by Gasteiger charge is 2.24. The van der Waals surface area contributed by atoms with E-state index in [1.165, 1.54) is 6.07 Å². The molecule has 0 saturated heterocycles. The van der Waals surface area contributed by atoms with Gasteiger partial charge in [-0.05, 0) is 36.2 Å². The molecule has 0 aliphatic carbocycles. The SMILES string of the molecule is Nc1ccc(CCNS(=O)(=O)c2cccc3c2OCCO3)cc1. The Labute approximate surface area is 135 Å². The van der Waals surface area contributed by atoms with Gasteiger partial charge in [-0.3, -0.25) is 0 Å². The van der Waals surface area contributed by atoms with Crippen molar-refractivity contribution in [2.75, 3.05) is 25.5 Å². The molecule has 0 atom stereocenters. The van der Waals surface area contributed by atoms with Gasteiger partial charge in [0.2, 0.25) is 10.0 Å². The molecular weight excluding hydrogens is 316 g/mol. The molecule has 1 heterocycles. The summed E-state index contributed by atoms with van der Waals surface area (Å²) >= 11 is 0. The Kier molecular flexibility index (Phi) is 4.40. The summed E-state index contributed by atoms with van der Waals surface area (Å²) in [5.41, 5.74) is 7.32. The van der Waals surface area contributed by atoms with Gasteiger partial charge in [0.05, 0.1) is 0 Å². The minimum Gasteiger partial charge on any atom is -0.486 e. The van der Waals surface area contributed by atoms with E-state index in [1.807, 2.05) is 12.1 Å². The smallest absolute Gasteiger partial charge is 0.244 e. The molecule has 0 aromatic heterocycles. The first-order valence-electron chi connectivity index (χ1n) is 7.29. The number of sulfonamides is 1. The van der Waals surface area contributed by atoms with Crippen molar-refractivity contribution in [3.05, 3.63) is 48.0 Å². The Bertz CT molecular complexity index is 788. The summed E-state index contributed by atoms with van der Waals surface area (Å²) < 4.78 is 38.4. The molecule has 2 aromatic carbocycles. The molecule has 0 unspecified atom stereocenters. The molecule has 1 aliphatic rings. The molecule has 0 saturated carbocycles. The van der Waals surface area contributed by atoms with Crippen molar-refractivity contribution in [1.29, 1.82) is 0 Å². The van der Waals surface area contributed by atoms with Crippen LogP contribution in [-0.4, -0.2) is 28.2 Å². The van der Waals surface area contributed by atoms with E-state index >= 15 is 0 Å². The zero-order valence-electron chi connectivity index (χ0n) is 12.5. The average molecular weight is 334 g/mol. The van der Waals surface area contributed by atoms with Crippen molar-refractivity contribution in [3.8, 4) is 11.5 Å². The third-order valence-electron chi connectivity index (χ3n) is 3.51. The number of benzene rings is 2. The van der Waals surface area contributed by atoms with Gasteiger partial charge in [0.15, 0.2) is 11.5 Å². The fourth-order valence-electron chi connectivity index (χ4n) is 2.35. The maximum absolute atomic E-state index is 12.5. The zero-order valence-corrected chi connectivity index (χ0v) is 13.3. The standard InChI is InChI=1S/C16H18N2O4S/c17-13-6-4-12(5-7-13)8-9-18-23(19,20)15-3-1-2-14-16(15)22-11-10-21-14/h1-7,18H,8-11,17H2. The van der Waals surface area contributed by atoms with Crippen molar-refractivity contribution in [2.45, 2.75) is 11.3 Å². The Morgan fingerprint density at radius 1 is 1.04 bits per heavy atom. The fourth-order valence-corrected chi connectivity index (χ4v) is 3.54. The molecule has 2 aromatic rings. The van der Waals surface area contributed by atoms with Crippen LogP contribution in [0.5, 0.6) is 11.5 Å². The molecule has 1 aliphatic heterocycles. The van der Waals surface area contributed by atoms with Crippen LogP contribution < -0.4 is 19.9 Å². The topological polar surface area (TPSA) is 90.7 Å². The lowest BCUT2D eigenvalue weighted by molar-refractivity contribution is 0.167. The number of fused-ring (bicyclic) bond motifs is 1. The van der Waals surface area contributed by atoms with Gasteiger partial charge in [0.1, 0.15) is 18.1 Å². The molecule has 0 bridgehead atoms. The Morgan fingerprint density at radius 3 is 2.57 bits per heavy atom. The van der Waals surface area contributed by atoms with E-state index in [-0.39, 0.29) is 17.2 Å². The fraction of sp³-hybridized carbons (Fsp3) is 0.250. The molecule has 3 N–H and O–H groups in total. The van der Waals surface area contributed by atoms with E-state index in [9.17, 15) is 8.42 Å². The van der Waals surface area contributed by atoms with Crippen molar-refractivity contribution >= 4 is 15.7 Å². The lowest BCUT2D eigenvalue weighted by Gasteiger charge is -2.20. The van der Waals surface area contributed by atoms with Crippen LogP contribution >= 0.6 is 0 Å². The molecule has 7 heteroatoms. The second-order valence-electron chi connectivity index (χ2n) is 5.17. The first-order chi connectivity index (χ1) is 11.1. The first-order valence-corrected chi connectivity index (χ1v) is 8.77. The molecule has 0 spiro atoms. The van der Waals surface area contributed by atoms with Crippen LogP contribution in [0.25, 0.3) is 0 Å². The summed E-state index contributed by atoms with van der Waals surface area (Å²) in [6, 6.07) is 12.2. The monoisotopic (exact) mass is 334 g/mol. The maximum atomic E-state index is 12.5. The number of nitrogens with one attached hydrogen (secondary N) is 1. The predicted molar refractivity (Wildman–Crippen MR) is 87.2 cm³/mol. The lowest BCUT2D eigenvalue weighted by atomic mass is 10.1. The van der Waals surface area contributed by atoms with E-state index in [4.69, 9.17) is 15.2 Å². The summed E-state index contributed by atoms with van der Waals surface area (Å²) in [4.78, 5) is 0.104. The Hall–Kier alpha value is -2.25. The van der Waals surface area contributed by atoms with Gasteiger partial charge in [0.25, 0.3) is 0 Å². The highest BCUT2D eigenvalue weighted by molar-refractivity contribution is 7.89. The number of rotatable bonds is 5. The Balaban J connectivity index is 1.71. The maximum Gasteiger partial charge on any atom is 0.244 e. The van der Waals surface area contributed by atoms with E-state index < -0.39 is 10.0 Å². The summed E-state index contributed by atoms with van der Waals surface area (Å²) in [6.07, 6.45) is 0.575. The summed E-state index contributed by atoms with van der Waals surface area (Å²) in [5.74, 6) is 0.733. The molecule has 23 heavy (non-hydrogen) atoms. The molecular formula is C16H18N2O4S. The van der Waals surface area contributed by atoms with Crippen LogP contribution in [0.4, 0.5) is 5.69 Å². The molecule has 0 amide bonds. The minimum atomic E-state index is -3.66. The van der Waals surface area contributed by atoms with Gasteiger partial charge in [-0.15, -0.1) is 0 Å². The summed E-state index contributed by atoms with van der Waals surface area (Å²) in [5, 5.41) is 0. The van der Waals surface area contributed by atoms with E-state index in [0.717, 1.165) is 5.56 Å². The molecule has 3 rings (SSSR count). The van der Waals surface area contributed by atoms with Crippen molar-refractivity contribution in [1.82, 2.24) is 4.72 Å². The van der Waals surface area contributed by atoms with Crippen LogP contribution in [0.1, 0.15) is 5.56 Å². The van der Waals surface area contributed by atoms with E-state index in [2.05, 4.69) is 4.72 Å². The van der Waals surface area contributed by atoms with Crippen LogP contribution in [0.3, 0.4) is 0 Å². The predicted octanol–water partition coefficient (Wildman–Crippen LogP) is 1.56. The number of hydrogen-bond donors (Lipinski definition) is 2. The van der Waals surface area contributed by atoms with Gasteiger partial charge in [0, 0.05) is 12.2 Å². The summed E-state index contributed by atoms with van der Waals surface area (Å²) in [7, 11) is -3.66. The lowest BCUT2D eigenvalue weighted by Crippen LogP contribution is -2.27. The van der Waals surface area contributed by atoms with Crippen molar-refractivity contribution < 1.29 is 17.9 Å². The first kappa shape index (κ1) is 15.6. The highest BCUT2D eigenvalue weighted by Crippen LogP contribution is 2.36. The minimum absolute atomic E-state index is 0.104. The normalized spacial score (nSPS) is 13.7. The van der Waals surface area contributed by atoms with Gasteiger partial charge in [-0.2, -0.15) is 0 Å². The van der Waals surface area contributed by atoms with Gasteiger partial charge in [-0.1, -0.05) is 18.2 Å². The van der Waals surface area contributed by atoms with Gasteiger partial charge >= 0.3 is 0 Å². The highest BCUT2D eigenvalue weighted by atomic mass is 32.2.